The second kappa shape index (κ2) is 5.54. The highest BCUT2D eigenvalue weighted by molar-refractivity contribution is 7.10. The highest BCUT2D eigenvalue weighted by atomic mass is 35.5. The van der Waals surface area contributed by atoms with Crippen molar-refractivity contribution in [3.8, 4) is 0 Å². The van der Waals surface area contributed by atoms with Crippen molar-refractivity contribution in [1.29, 1.82) is 0 Å². The number of fused-ring (bicyclic) bond motifs is 1. The van der Waals surface area contributed by atoms with Crippen molar-refractivity contribution in [2.45, 2.75) is 13.0 Å². The molecule has 0 spiro atoms. The van der Waals surface area contributed by atoms with Crippen LogP contribution in [0, 0.1) is 6.92 Å². The summed E-state index contributed by atoms with van der Waals surface area (Å²) in [5.74, 6) is 5.80. The van der Waals surface area contributed by atoms with Crippen molar-refractivity contribution in [1.82, 2.24) is 5.43 Å². The Bertz CT molecular complexity index is 746. The van der Waals surface area contributed by atoms with Crippen LogP contribution in [-0.4, -0.2) is 0 Å². The van der Waals surface area contributed by atoms with Crippen LogP contribution in [0.2, 0.25) is 5.02 Å². The van der Waals surface area contributed by atoms with Crippen molar-refractivity contribution in [2.75, 3.05) is 0 Å². The molecule has 3 N–H and O–H groups in total. The summed E-state index contributed by atoms with van der Waals surface area (Å²) in [6.07, 6.45) is 0. The highest BCUT2D eigenvalue weighted by Crippen LogP contribution is 2.37. The monoisotopic (exact) mass is 302 g/mol. The largest absolute Gasteiger partial charge is 0.271 e. The third-order valence-corrected chi connectivity index (χ3v) is 5.27. The maximum Gasteiger partial charge on any atom is 0.0823 e. The van der Waals surface area contributed by atoms with Gasteiger partial charge in [0.1, 0.15) is 0 Å². The zero-order valence-electron chi connectivity index (χ0n) is 11.1. The van der Waals surface area contributed by atoms with Gasteiger partial charge in [-0.05, 0) is 34.2 Å². The summed E-state index contributed by atoms with van der Waals surface area (Å²) in [5, 5.41) is 5.26. The molecule has 0 fully saturated rings. The number of aryl methyl sites for hydroxylation is 1. The first-order chi connectivity index (χ1) is 9.72. The lowest BCUT2D eigenvalue weighted by Crippen LogP contribution is -2.28. The van der Waals surface area contributed by atoms with Gasteiger partial charge in [-0.2, -0.15) is 0 Å². The number of hydrogen-bond acceptors (Lipinski definition) is 3. The number of nitrogens with two attached hydrogens (primary N) is 1. The van der Waals surface area contributed by atoms with Crippen LogP contribution in [-0.2, 0) is 0 Å². The van der Waals surface area contributed by atoms with Gasteiger partial charge in [-0.1, -0.05) is 54.1 Å². The van der Waals surface area contributed by atoms with Gasteiger partial charge in [-0.3, -0.25) is 5.84 Å². The molecule has 0 aliphatic rings. The molecule has 20 heavy (non-hydrogen) atoms. The van der Waals surface area contributed by atoms with Crippen molar-refractivity contribution in [3.05, 3.63) is 68.9 Å². The Hall–Kier alpha value is -1.39. The molecule has 1 heterocycles. The topological polar surface area (TPSA) is 38.0 Å². The molecule has 0 aliphatic carbocycles. The molecule has 0 bridgehead atoms. The SMILES string of the molecule is Cc1csc(C(NN)c2cccc3ccccc23)c1Cl. The minimum atomic E-state index is -0.0905. The maximum absolute atomic E-state index is 6.40. The van der Waals surface area contributed by atoms with Crippen molar-refractivity contribution >= 4 is 33.7 Å². The zero-order chi connectivity index (χ0) is 14.1. The van der Waals surface area contributed by atoms with E-state index < -0.39 is 0 Å². The van der Waals surface area contributed by atoms with Gasteiger partial charge < -0.3 is 0 Å². The molecule has 0 radical (unpaired) electrons. The van der Waals surface area contributed by atoms with Crippen LogP contribution in [0.1, 0.15) is 22.0 Å². The standard InChI is InChI=1S/C16H15ClN2S/c1-10-9-20-16(14(10)17)15(19-18)13-8-4-6-11-5-2-3-7-12(11)13/h2-9,15,19H,18H2,1H3. The molecular formula is C16H15ClN2S. The van der Waals surface area contributed by atoms with Crippen LogP contribution in [0.5, 0.6) is 0 Å². The molecular weight excluding hydrogens is 288 g/mol. The molecule has 3 aromatic rings. The minimum absolute atomic E-state index is 0.0905. The first-order valence-corrected chi connectivity index (χ1v) is 7.65. The Morgan fingerprint density at radius 2 is 1.90 bits per heavy atom. The predicted octanol–water partition coefficient (Wildman–Crippen LogP) is 4.42. The van der Waals surface area contributed by atoms with Crippen LogP contribution in [0.25, 0.3) is 10.8 Å². The summed E-state index contributed by atoms with van der Waals surface area (Å²) in [7, 11) is 0. The molecule has 2 aromatic carbocycles. The van der Waals surface area contributed by atoms with Gasteiger partial charge >= 0.3 is 0 Å². The fraction of sp³-hybridized carbons (Fsp3) is 0.125. The van der Waals surface area contributed by atoms with E-state index in [-0.39, 0.29) is 6.04 Å². The molecule has 0 aliphatic heterocycles. The zero-order valence-corrected chi connectivity index (χ0v) is 12.6. The Morgan fingerprint density at radius 1 is 1.15 bits per heavy atom. The lowest BCUT2D eigenvalue weighted by Gasteiger charge is -2.18. The Morgan fingerprint density at radius 3 is 2.60 bits per heavy atom. The summed E-state index contributed by atoms with van der Waals surface area (Å²) < 4.78 is 0. The third kappa shape index (κ3) is 2.23. The Labute approximate surface area is 127 Å². The van der Waals surface area contributed by atoms with Crippen LogP contribution in [0.3, 0.4) is 0 Å². The van der Waals surface area contributed by atoms with Crippen LogP contribution in [0.15, 0.2) is 47.8 Å². The number of benzene rings is 2. The third-order valence-electron chi connectivity index (χ3n) is 3.49. The average molecular weight is 303 g/mol. The fourth-order valence-corrected chi connectivity index (χ4v) is 3.83. The van der Waals surface area contributed by atoms with E-state index in [1.165, 1.54) is 10.8 Å². The van der Waals surface area contributed by atoms with Crippen molar-refractivity contribution in [2.24, 2.45) is 5.84 Å². The second-order valence-corrected chi connectivity index (χ2v) is 6.05. The first kappa shape index (κ1) is 13.6. The normalized spacial score (nSPS) is 12.8. The molecule has 0 saturated carbocycles. The molecule has 1 unspecified atom stereocenters. The predicted molar refractivity (Wildman–Crippen MR) is 87.2 cm³/mol. The van der Waals surface area contributed by atoms with E-state index in [1.54, 1.807) is 11.3 Å². The van der Waals surface area contributed by atoms with Gasteiger partial charge in [0.2, 0.25) is 0 Å². The van der Waals surface area contributed by atoms with Gasteiger partial charge in [0, 0.05) is 4.88 Å². The summed E-state index contributed by atoms with van der Waals surface area (Å²) in [5.41, 5.74) is 5.14. The highest BCUT2D eigenvalue weighted by Gasteiger charge is 2.20. The van der Waals surface area contributed by atoms with Crippen LogP contribution >= 0.6 is 22.9 Å². The van der Waals surface area contributed by atoms with Gasteiger partial charge in [0.25, 0.3) is 0 Å². The van der Waals surface area contributed by atoms with Crippen LogP contribution < -0.4 is 11.3 Å². The lowest BCUT2D eigenvalue weighted by molar-refractivity contribution is 0.650. The summed E-state index contributed by atoms with van der Waals surface area (Å²) in [6, 6.07) is 14.5. The van der Waals surface area contributed by atoms with E-state index in [0.29, 0.717) is 0 Å². The molecule has 2 nitrogen and oxygen atoms in total. The smallest absolute Gasteiger partial charge is 0.0823 e. The van der Waals surface area contributed by atoms with E-state index >= 15 is 0 Å². The summed E-state index contributed by atoms with van der Waals surface area (Å²) in [6.45, 7) is 2.01. The maximum atomic E-state index is 6.40. The average Bonchev–Trinajstić information content (AvgIpc) is 2.81. The van der Waals surface area contributed by atoms with Gasteiger partial charge in [-0.15, -0.1) is 11.3 Å². The van der Waals surface area contributed by atoms with E-state index in [4.69, 9.17) is 17.4 Å². The van der Waals surface area contributed by atoms with E-state index in [1.807, 2.05) is 19.1 Å². The van der Waals surface area contributed by atoms with Crippen molar-refractivity contribution in [3.63, 3.8) is 0 Å². The molecule has 102 valence electrons. The minimum Gasteiger partial charge on any atom is -0.271 e. The number of nitrogens with one attached hydrogen (secondary N) is 1. The lowest BCUT2D eigenvalue weighted by atomic mass is 9.98. The fourth-order valence-electron chi connectivity index (χ4n) is 2.45. The molecule has 0 amide bonds. The van der Waals surface area contributed by atoms with E-state index in [2.05, 4.69) is 41.1 Å². The number of halogens is 1. The number of thiophene rings is 1. The summed E-state index contributed by atoms with van der Waals surface area (Å²) in [4.78, 5) is 1.06. The van der Waals surface area contributed by atoms with E-state index in [0.717, 1.165) is 21.0 Å². The van der Waals surface area contributed by atoms with Gasteiger partial charge in [0.05, 0.1) is 11.1 Å². The molecule has 3 rings (SSSR count). The molecule has 4 heteroatoms. The quantitative estimate of drug-likeness (QED) is 0.555. The Balaban J connectivity index is 2.19. The summed E-state index contributed by atoms with van der Waals surface area (Å²) >= 11 is 8.04. The Kier molecular flexibility index (Phi) is 3.76. The molecule has 1 atom stereocenters. The second-order valence-electron chi connectivity index (χ2n) is 4.77. The number of hydrogen-bond donors (Lipinski definition) is 2. The van der Waals surface area contributed by atoms with Crippen LogP contribution in [0.4, 0.5) is 0 Å². The van der Waals surface area contributed by atoms with E-state index in [9.17, 15) is 0 Å². The van der Waals surface area contributed by atoms with Gasteiger partial charge in [0.15, 0.2) is 0 Å². The molecule has 0 saturated heterocycles. The van der Waals surface area contributed by atoms with Gasteiger partial charge in [-0.25, -0.2) is 5.43 Å². The molecule has 1 aromatic heterocycles. The number of hydrazine groups is 1. The number of rotatable bonds is 3. The first-order valence-electron chi connectivity index (χ1n) is 6.39. The van der Waals surface area contributed by atoms with Crippen molar-refractivity contribution < 1.29 is 0 Å².